The van der Waals surface area contributed by atoms with Crippen LogP contribution in [0.25, 0.3) is 11.0 Å². The van der Waals surface area contributed by atoms with Gasteiger partial charge in [0.1, 0.15) is 5.75 Å². The van der Waals surface area contributed by atoms with E-state index in [0.29, 0.717) is 6.54 Å². The van der Waals surface area contributed by atoms with Crippen molar-refractivity contribution in [1.82, 2.24) is 9.55 Å². The van der Waals surface area contributed by atoms with Gasteiger partial charge in [0.25, 0.3) is 0 Å². The summed E-state index contributed by atoms with van der Waals surface area (Å²) in [4.78, 5) is 16.8. The molecular formula is C19H19N3O2S. The number of allylic oxidation sites excluding steroid dienone is 1. The summed E-state index contributed by atoms with van der Waals surface area (Å²) in [7, 11) is 1.61. The van der Waals surface area contributed by atoms with Crippen LogP contribution < -0.4 is 10.1 Å². The van der Waals surface area contributed by atoms with Crippen LogP contribution in [0.15, 0.2) is 66.3 Å². The van der Waals surface area contributed by atoms with E-state index >= 15 is 0 Å². The molecule has 2 aromatic carbocycles. The molecule has 0 bridgehead atoms. The van der Waals surface area contributed by atoms with Gasteiger partial charge >= 0.3 is 0 Å². The lowest BCUT2D eigenvalue weighted by molar-refractivity contribution is -0.113. The van der Waals surface area contributed by atoms with E-state index in [1.54, 1.807) is 7.11 Å². The van der Waals surface area contributed by atoms with Gasteiger partial charge in [0.05, 0.1) is 23.9 Å². The smallest absolute Gasteiger partial charge is 0.234 e. The Hall–Kier alpha value is -2.73. The summed E-state index contributed by atoms with van der Waals surface area (Å²) >= 11 is 1.42. The summed E-state index contributed by atoms with van der Waals surface area (Å²) in [5.41, 5.74) is 2.70. The van der Waals surface area contributed by atoms with Crippen molar-refractivity contribution in [3.8, 4) is 5.75 Å². The summed E-state index contributed by atoms with van der Waals surface area (Å²) in [6.45, 7) is 4.46. The Kier molecular flexibility index (Phi) is 5.40. The van der Waals surface area contributed by atoms with Crippen molar-refractivity contribution in [3.05, 3.63) is 61.2 Å². The fourth-order valence-corrected chi connectivity index (χ4v) is 3.29. The van der Waals surface area contributed by atoms with E-state index in [9.17, 15) is 4.79 Å². The van der Waals surface area contributed by atoms with Gasteiger partial charge in [0.15, 0.2) is 5.16 Å². The van der Waals surface area contributed by atoms with Crippen molar-refractivity contribution in [2.75, 3.05) is 18.2 Å². The Morgan fingerprint density at radius 2 is 2.04 bits per heavy atom. The van der Waals surface area contributed by atoms with Crippen molar-refractivity contribution in [2.45, 2.75) is 11.7 Å². The molecule has 25 heavy (non-hydrogen) atoms. The molecule has 6 heteroatoms. The predicted molar refractivity (Wildman–Crippen MR) is 102 cm³/mol. The number of rotatable bonds is 7. The van der Waals surface area contributed by atoms with Gasteiger partial charge in [-0.2, -0.15) is 0 Å². The van der Waals surface area contributed by atoms with E-state index in [1.165, 1.54) is 11.8 Å². The second-order valence-electron chi connectivity index (χ2n) is 5.35. The fourth-order valence-electron chi connectivity index (χ4n) is 2.47. The first kappa shape index (κ1) is 17.1. The van der Waals surface area contributed by atoms with E-state index in [4.69, 9.17) is 4.74 Å². The van der Waals surface area contributed by atoms with Gasteiger partial charge < -0.3 is 14.6 Å². The molecule has 3 rings (SSSR count). The molecule has 1 amide bonds. The molecule has 3 aromatic rings. The SMILES string of the molecule is C=CCn1c(SCC(=O)Nc2ccc(OC)cc2)nc2ccccc21. The Morgan fingerprint density at radius 1 is 1.28 bits per heavy atom. The Balaban J connectivity index is 1.68. The molecule has 1 aromatic heterocycles. The summed E-state index contributed by atoms with van der Waals surface area (Å²) in [5, 5.41) is 3.69. The average Bonchev–Trinajstić information content (AvgIpc) is 2.99. The summed E-state index contributed by atoms with van der Waals surface area (Å²) in [6, 6.07) is 15.2. The van der Waals surface area contributed by atoms with Crippen LogP contribution in [0.1, 0.15) is 0 Å². The minimum Gasteiger partial charge on any atom is -0.497 e. The zero-order valence-corrected chi connectivity index (χ0v) is 14.8. The number of amides is 1. The van der Waals surface area contributed by atoms with Gasteiger partial charge in [0.2, 0.25) is 5.91 Å². The summed E-state index contributed by atoms with van der Waals surface area (Å²) < 4.78 is 7.17. The number of methoxy groups -OCH3 is 1. The van der Waals surface area contributed by atoms with Gasteiger partial charge in [-0.3, -0.25) is 4.79 Å². The molecule has 0 atom stereocenters. The van der Waals surface area contributed by atoms with Gasteiger partial charge in [0, 0.05) is 12.2 Å². The topological polar surface area (TPSA) is 56.2 Å². The highest BCUT2D eigenvalue weighted by Gasteiger charge is 2.12. The third kappa shape index (κ3) is 4.03. The number of carbonyl (C=O) groups is 1. The van der Waals surface area contributed by atoms with Crippen molar-refractivity contribution in [2.24, 2.45) is 0 Å². The minimum absolute atomic E-state index is 0.0765. The number of hydrogen-bond donors (Lipinski definition) is 1. The minimum atomic E-state index is -0.0765. The molecule has 128 valence electrons. The number of anilines is 1. The molecule has 0 aliphatic rings. The molecule has 0 saturated carbocycles. The maximum absolute atomic E-state index is 12.2. The second-order valence-corrected chi connectivity index (χ2v) is 6.29. The van der Waals surface area contributed by atoms with Gasteiger partial charge in [-0.25, -0.2) is 4.98 Å². The number of thioether (sulfide) groups is 1. The van der Waals surface area contributed by atoms with Gasteiger partial charge in [-0.15, -0.1) is 6.58 Å². The molecule has 0 unspecified atom stereocenters. The van der Waals surface area contributed by atoms with Gasteiger partial charge in [-0.1, -0.05) is 30.0 Å². The molecule has 0 spiro atoms. The standard InChI is InChI=1S/C19H19N3O2S/c1-3-12-22-17-7-5-4-6-16(17)21-19(22)25-13-18(23)20-14-8-10-15(24-2)11-9-14/h3-11H,1,12-13H2,2H3,(H,20,23). The number of nitrogens with one attached hydrogen (secondary N) is 1. The number of nitrogens with zero attached hydrogens (tertiary/aromatic N) is 2. The lowest BCUT2D eigenvalue weighted by atomic mass is 10.3. The Labute approximate surface area is 150 Å². The number of aromatic nitrogens is 2. The maximum Gasteiger partial charge on any atom is 0.234 e. The van der Waals surface area contributed by atoms with Crippen molar-refractivity contribution >= 4 is 34.4 Å². The van der Waals surface area contributed by atoms with E-state index in [2.05, 4.69) is 21.4 Å². The average molecular weight is 353 g/mol. The van der Waals surface area contributed by atoms with Crippen molar-refractivity contribution in [3.63, 3.8) is 0 Å². The highest BCUT2D eigenvalue weighted by molar-refractivity contribution is 7.99. The third-order valence-electron chi connectivity index (χ3n) is 3.64. The van der Waals surface area contributed by atoms with Crippen LogP contribution in [0.5, 0.6) is 5.75 Å². The summed E-state index contributed by atoms with van der Waals surface area (Å²) in [6.07, 6.45) is 1.83. The molecular weight excluding hydrogens is 334 g/mol. The molecule has 0 saturated heterocycles. The van der Waals surface area contributed by atoms with Crippen LogP contribution in [-0.2, 0) is 11.3 Å². The number of benzene rings is 2. The largest absolute Gasteiger partial charge is 0.497 e. The van der Waals surface area contributed by atoms with E-state index in [0.717, 1.165) is 27.6 Å². The van der Waals surface area contributed by atoms with Crippen LogP contribution in [0.3, 0.4) is 0 Å². The number of hydrogen-bond acceptors (Lipinski definition) is 4. The lowest BCUT2D eigenvalue weighted by Crippen LogP contribution is -2.14. The number of para-hydroxylation sites is 2. The van der Waals surface area contributed by atoms with Crippen molar-refractivity contribution < 1.29 is 9.53 Å². The Bertz CT molecular complexity index is 887. The van der Waals surface area contributed by atoms with Crippen LogP contribution in [0, 0.1) is 0 Å². The second kappa shape index (κ2) is 7.90. The first-order valence-electron chi connectivity index (χ1n) is 7.84. The molecule has 1 heterocycles. The maximum atomic E-state index is 12.2. The molecule has 5 nitrogen and oxygen atoms in total. The van der Waals surface area contributed by atoms with Crippen molar-refractivity contribution in [1.29, 1.82) is 0 Å². The molecule has 0 radical (unpaired) electrons. The number of fused-ring (bicyclic) bond motifs is 1. The number of carbonyl (C=O) groups excluding carboxylic acids is 1. The molecule has 1 N–H and O–H groups in total. The highest BCUT2D eigenvalue weighted by atomic mass is 32.2. The quantitative estimate of drug-likeness (QED) is 0.516. The first-order chi connectivity index (χ1) is 12.2. The van der Waals surface area contributed by atoms with Gasteiger partial charge in [-0.05, 0) is 36.4 Å². The molecule has 0 aliphatic heterocycles. The lowest BCUT2D eigenvalue weighted by Gasteiger charge is -2.07. The molecule has 0 fully saturated rings. The van der Waals surface area contributed by atoms with E-state index in [-0.39, 0.29) is 11.7 Å². The Morgan fingerprint density at radius 3 is 2.76 bits per heavy atom. The third-order valence-corrected chi connectivity index (χ3v) is 4.61. The molecule has 0 aliphatic carbocycles. The zero-order valence-electron chi connectivity index (χ0n) is 13.9. The fraction of sp³-hybridized carbons (Fsp3) is 0.158. The van der Waals surface area contributed by atoms with Crippen LogP contribution >= 0.6 is 11.8 Å². The van der Waals surface area contributed by atoms with Crippen LogP contribution in [-0.4, -0.2) is 28.3 Å². The first-order valence-corrected chi connectivity index (χ1v) is 8.82. The normalized spacial score (nSPS) is 10.6. The van der Waals surface area contributed by atoms with Crippen LogP contribution in [0.2, 0.25) is 0 Å². The number of imidazole rings is 1. The highest BCUT2D eigenvalue weighted by Crippen LogP contribution is 2.24. The van der Waals surface area contributed by atoms with Crippen LogP contribution in [0.4, 0.5) is 5.69 Å². The number of ether oxygens (including phenoxy) is 1. The monoisotopic (exact) mass is 353 g/mol. The van der Waals surface area contributed by atoms with E-state index in [1.807, 2.05) is 54.6 Å². The summed E-state index contributed by atoms with van der Waals surface area (Å²) in [5.74, 6) is 0.963. The van der Waals surface area contributed by atoms with E-state index < -0.39 is 0 Å². The predicted octanol–water partition coefficient (Wildman–Crippen LogP) is 3.96. The zero-order chi connectivity index (χ0) is 17.6.